The molecule has 200 valence electrons. The second-order valence-corrected chi connectivity index (χ2v) is 10.4. The summed E-state index contributed by atoms with van der Waals surface area (Å²) in [5.41, 5.74) is 3.83. The average molecular weight is 529 g/mol. The number of phenols is 1. The molecule has 2 aromatic carbocycles. The predicted molar refractivity (Wildman–Crippen MR) is 141 cm³/mol. The molecule has 39 heavy (non-hydrogen) atoms. The van der Waals surface area contributed by atoms with Crippen molar-refractivity contribution >= 4 is 23.2 Å². The van der Waals surface area contributed by atoms with Crippen LogP contribution in [0.5, 0.6) is 5.75 Å². The second kappa shape index (κ2) is 9.42. The number of phenolic OH excluding ortho intramolecular Hbond substituents is 1. The van der Waals surface area contributed by atoms with Crippen LogP contribution in [0.4, 0.5) is 0 Å². The molecule has 0 radical (unpaired) electrons. The number of ketones is 2. The van der Waals surface area contributed by atoms with Crippen molar-refractivity contribution in [3.63, 3.8) is 0 Å². The van der Waals surface area contributed by atoms with Crippen molar-refractivity contribution in [3.05, 3.63) is 81.6 Å². The average Bonchev–Trinajstić information content (AvgIpc) is 2.87. The summed E-state index contributed by atoms with van der Waals surface area (Å²) in [6.45, 7) is 0. The Morgan fingerprint density at radius 1 is 1.10 bits per heavy atom. The Morgan fingerprint density at radius 2 is 1.79 bits per heavy atom. The van der Waals surface area contributed by atoms with E-state index in [1.165, 1.54) is 11.0 Å². The number of carbonyl (C=O) groups excluding carboxylic acids is 3. The van der Waals surface area contributed by atoms with Gasteiger partial charge in [-0.05, 0) is 56.1 Å². The van der Waals surface area contributed by atoms with Crippen LogP contribution < -0.4 is 5.73 Å². The minimum atomic E-state index is -2.66. The smallest absolute Gasteiger partial charge is 0.255 e. The first-order valence-electron chi connectivity index (χ1n) is 12.5. The van der Waals surface area contributed by atoms with E-state index in [2.05, 4.69) is 11.8 Å². The number of Topliss-reactive ketones (excluding diaryl/α,β-unsaturated/α-hetero) is 2. The lowest BCUT2D eigenvalue weighted by atomic mass is 9.57. The zero-order valence-electron chi connectivity index (χ0n) is 21.4. The number of fused-ring (bicyclic) bond motifs is 3. The van der Waals surface area contributed by atoms with E-state index in [0.717, 1.165) is 5.56 Å². The lowest BCUT2D eigenvalue weighted by molar-refractivity contribution is -0.153. The maximum absolute atomic E-state index is 13.9. The van der Waals surface area contributed by atoms with Crippen LogP contribution in [-0.2, 0) is 27.2 Å². The highest BCUT2D eigenvalue weighted by atomic mass is 16.3. The van der Waals surface area contributed by atoms with Gasteiger partial charge in [0.25, 0.3) is 5.91 Å². The van der Waals surface area contributed by atoms with Gasteiger partial charge in [-0.25, -0.2) is 0 Å². The number of carbonyl (C=O) groups is 3. The molecule has 1 fully saturated rings. The summed E-state index contributed by atoms with van der Waals surface area (Å²) >= 11 is 0. The van der Waals surface area contributed by atoms with Crippen LogP contribution in [0.15, 0.2) is 59.4 Å². The molecule has 9 heteroatoms. The van der Waals surface area contributed by atoms with Crippen molar-refractivity contribution in [2.45, 2.75) is 30.9 Å². The maximum atomic E-state index is 13.9. The van der Waals surface area contributed by atoms with Gasteiger partial charge >= 0.3 is 0 Å². The fourth-order valence-corrected chi connectivity index (χ4v) is 6.20. The third-order valence-electron chi connectivity index (χ3n) is 7.96. The van der Waals surface area contributed by atoms with Gasteiger partial charge in [0.15, 0.2) is 11.4 Å². The summed E-state index contributed by atoms with van der Waals surface area (Å²) in [6, 6.07) is 11.5. The van der Waals surface area contributed by atoms with Crippen molar-refractivity contribution in [1.29, 1.82) is 0 Å². The number of aliphatic hydroxyl groups excluding tert-OH is 2. The molecule has 0 bridgehead atoms. The van der Waals surface area contributed by atoms with Crippen LogP contribution >= 0.6 is 0 Å². The second-order valence-electron chi connectivity index (χ2n) is 10.4. The number of primary amides is 1. The largest absolute Gasteiger partial charge is 0.508 e. The van der Waals surface area contributed by atoms with E-state index in [9.17, 15) is 34.8 Å². The summed E-state index contributed by atoms with van der Waals surface area (Å²) in [5, 5.41) is 44.5. The molecule has 0 aliphatic heterocycles. The Balaban J connectivity index is 1.64. The van der Waals surface area contributed by atoms with Gasteiger partial charge in [-0.1, -0.05) is 42.2 Å². The van der Waals surface area contributed by atoms with Crippen LogP contribution in [0.25, 0.3) is 5.76 Å². The number of amides is 1. The molecule has 4 unspecified atom stereocenters. The van der Waals surface area contributed by atoms with Gasteiger partial charge in [-0.3, -0.25) is 19.3 Å². The number of hydrogen-bond donors (Lipinski definition) is 5. The lowest BCUT2D eigenvalue weighted by Crippen LogP contribution is -2.65. The third kappa shape index (κ3) is 3.92. The third-order valence-corrected chi connectivity index (χ3v) is 7.96. The van der Waals surface area contributed by atoms with Gasteiger partial charge in [-0.2, -0.15) is 0 Å². The SMILES string of the molecule is CN(C)C1C(=O)C(C(N)=O)=C(O)C2(O)C(=O)C3=C(O)c4c(O)ccc(C#CCc5ccccc5)c4CC3CC12. The number of likely N-dealkylation sites (N-methyl/N-ethyl adjacent to an activating group) is 1. The fourth-order valence-electron chi connectivity index (χ4n) is 6.20. The molecule has 2 aromatic rings. The molecule has 0 saturated heterocycles. The van der Waals surface area contributed by atoms with Crippen LogP contribution in [0, 0.1) is 23.7 Å². The Labute approximate surface area is 224 Å². The van der Waals surface area contributed by atoms with Crippen LogP contribution in [0.1, 0.15) is 28.7 Å². The first-order valence-corrected chi connectivity index (χ1v) is 12.5. The molecule has 4 atom stereocenters. The first kappa shape index (κ1) is 26.2. The van der Waals surface area contributed by atoms with E-state index < -0.39 is 58.0 Å². The topological polar surface area (TPSA) is 161 Å². The highest BCUT2D eigenvalue weighted by Crippen LogP contribution is 2.52. The predicted octanol–water partition coefficient (Wildman–Crippen LogP) is 1.56. The van der Waals surface area contributed by atoms with E-state index in [0.29, 0.717) is 17.5 Å². The molecule has 3 aliphatic rings. The lowest BCUT2D eigenvalue weighted by Gasteiger charge is -2.50. The van der Waals surface area contributed by atoms with Crippen molar-refractivity contribution in [2.24, 2.45) is 17.6 Å². The molecule has 6 N–H and O–H groups in total. The molecule has 5 rings (SSSR count). The van der Waals surface area contributed by atoms with Crippen LogP contribution in [-0.4, -0.2) is 68.5 Å². The Morgan fingerprint density at radius 3 is 2.44 bits per heavy atom. The molecule has 1 saturated carbocycles. The van der Waals surface area contributed by atoms with Crippen molar-refractivity contribution in [1.82, 2.24) is 4.90 Å². The van der Waals surface area contributed by atoms with Gasteiger partial charge in [0.05, 0.1) is 11.6 Å². The minimum Gasteiger partial charge on any atom is -0.508 e. The zero-order chi connectivity index (χ0) is 28.2. The number of rotatable bonds is 3. The van der Waals surface area contributed by atoms with E-state index in [4.69, 9.17) is 5.73 Å². The Hall–Kier alpha value is -4.39. The van der Waals surface area contributed by atoms with Crippen molar-refractivity contribution in [3.8, 4) is 17.6 Å². The molecular formula is C30H28N2O7. The normalized spacial score (nSPS) is 26.0. The molecule has 0 spiro atoms. The number of aromatic hydroxyl groups is 1. The molecule has 0 heterocycles. The highest BCUT2D eigenvalue weighted by molar-refractivity contribution is 6.24. The number of hydrogen-bond acceptors (Lipinski definition) is 8. The molecular weight excluding hydrogens is 500 g/mol. The zero-order valence-corrected chi connectivity index (χ0v) is 21.4. The maximum Gasteiger partial charge on any atom is 0.255 e. The number of aliphatic hydroxyl groups is 3. The molecule has 3 aliphatic carbocycles. The quantitative estimate of drug-likeness (QED) is 0.296. The Kier molecular flexibility index (Phi) is 6.33. The van der Waals surface area contributed by atoms with E-state index in [1.54, 1.807) is 20.2 Å². The summed E-state index contributed by atoms with van der Waals surface area (Å²) in [5.74, 6) is -0.557. The van der Waals surface area contributed by atoms with Gasteiger partial charge in [0, 0.05) is 23.5 Å². The summed E-state index contributed by atoms with van der Waals surface area (Å²) in [7, 11) is 3.12. The summed E-state index contributed by atoms with van der Waals surface area (Å²) in [6.07, 6.45) is 0.706. The summed E-state index contributed by atoms with van der Waals surface area (Å²) in [4.78, 5) is 40.6. The standard InChI is InChI=1S/C30H28N2O7/c1-32(2)24-19-14-17-13-18-16(10-6-9-15-7-4-3-5-8-15)11-12-20(33)22(18)25(34)21(17)27(36)30(19,39)28(37)23(26(24)35)29(31)38/h3-5,7-8,11-12,17,19,24,33-34,37,39H,9,13-14H2,1-2H3,(H2,31,38). The fraction of sp³-hybridized carbons (Fsp3) is 0.300. The van der Waals surface area contributed by atoms with Gasteiger partial charge in [0.1, 0.15) is 22.8 Å². The van der Waals surface area contributed by atoms with Crippen LogP contribution in [0.3, 0.4) is 0 Å². The number of benzene rings is 2. The minimum absolute atomic E-state index is 0.0257. The molecule has 0 aromatic heterocycles. The monoisotopic (exact) mass is 528 g/mol. The van der Waals surface area contributed by atoms with E-state index >= 15 is 0 Å². The van der Waals surface area contributed by atoms with E-state index in [1.807, 2.05) is 30.3 Å². The summed E-state index contributed by atoms with van der Waals surface area (Å²) < 4.78 is 0. The molecule has 9 nitrogen and oxygen atoms in total. The first-order chi connectivity index (χ1) is 18.5. The van der Waals surface area contributed by atoms with Gasteiger partial charge in [0.2, 0.25) is 5.78 Å². The van der Waals surface area contributed by atoms with Crippen LogP contribution in [0.2, 0.25) is 0 Å². The van der Waals surface area contributed by atoms with E-state index in [-0.39, 0.29) is 29.7 Å². The van der Waals surface area contributed by atoms with Crippen molar-refractivity contribution in [2.75, 3.05) is 14.1 Å². The number of nitrogens with two attached hydrogens (primary N) is 1. The highest BCUT2D eigenvalue weighted by Gasteiger charge is 2.64. The number of nitrogens with zero attached hydrogens (tertiary/aromatic N) is 1. The van der Waals surface area contributed by atoms with Gasteiger partial charge in [-0.15, -0.1) is 0 Å². The van der Waals surface area contributed by atoms with Crippen molar-refractivity contribution < 1.29 is 34.8 Å². The Bertz CT molecular complexity index is 1540. The molecule has 1 amide bonds. The van der Waals surface area contributed by atoms with Gasteiger partial charge < -0.3 is 26.2 Å².